The average molecular weight is 193 g/mol. The molecule has 0 aliphatic carbocycles. The highest BCUT2D eigenvalue weighted by Gasteiger charge is 2.33. The van der Waals surface area contributed by atoms with E-state index in [1.54, 1.807) is 18.2 Å². The lowest BCUT2D eigenvalue weighted by atomic mass is 10.0. The molecule has 0 bridgehead atoms. The number of carbonyl (C=O) groups is 1. The Kier molecular flexibility index (Phi) is 2.13. The molecule has 0 spiro atoms. The molecular weight excluding hydrogens is 182 g/mol. The molecule has 2 atom stereocenters. The molecule has 1 aliphatic heterocycles. The second-order valence-corrected chi connectivity index (χ2v) is 3.38. The number of aliphatic hydroxyl groups is 1. The van der Waals surface area contributed by atoms with Crippen LogP contribution in [-0.2, 0) is 4.79 Å². The minimum absolute atomic E-state index is 0.0961. The van der Waals surface area contributed by atoms with E-state index < -0.39 is 12.1 Å². The van der Waals surface area contributed by atoms with Crippen molar-refractivity contribution in [2.75, 3.05) is 0 Å². The summed E-state index contributed by atoms with van der Waals surface area (Å²) in [6.45, 7) is 0. The van der Waals surface area contributed by atoms with Crippen molar-refractivity contribution in [3.63, 3.8) is 0 Å². The predicted molar refractivity (Wildman–Crippen MR) is 49.6 cm³/mol. The highest BCUT2D eigenvalue weighted by atomic mass is 16.3. The molecule has 1 aliphatic rings. The first-order chi connectivity index (χ1) is 6.68. The number of aliphatic hydroxyl groups excluding tert-OH is 1. The Morgan fingerprint density at radius 2 is 2.07 bits per heavy atom. The summed E-state index contributed by atoms with van der Waals surface area (Å²) >= 11 is 0. The highest BCUT2D eigenvalue weighted by Crippen LogP contribution is 2.30. The van der Waals surface area contributed by atoms with Crippen LogP contribution in [0.15, 0.2) is 24.3 Å². The Balaban J connectivity index is 2.32. The van der Waals surface area contributed by atoms with Crippen LogP contribution in [0.4, 0.5) is 0 Å². The maximum Gasteiger partial charge on any atom is 0.223 e. The fourth-order valence-electron chi connectivity index (χ4n) is 1.67. The Labute approximate surface area is 81.2 Å². The molecule has 0 saturated carbocycles. The zero-order chi connectivity index (χ0) is 10.1. The van der Waals surface area contributed by atoms with Gasteiger partial charge in [-0.2, -0.15) is 0 Å². The van der Waals surface area contributed by atoms with Crippen molar-refractivity contribution >= 4 is 5.91 Å². The molecule has 1 fully saturated rings. The topological polar surface area (TPSA) is 69.6 Å². The van der Waals surface area contributed by atoms with Crippen molar-refractivity contribution in [2.24, 2.45) is 0 Å². The highest BCUT2D eigenvalue weighted by molar-refractivity contribution is 5.80. The van der Waals surface area contributed by atoms with Gasteiger partial charge in [0.15, 0.2) is 0 Å². The first kappa shape index (κ1) is 9.02. The van der Waals surface area contributed by atoms with Gasteiger partial charge < -0.3 is 15.5 Å². The number of phenols is 1. The number of hydrogen-bond donors (Lipinski definition) is 3. The minimum atomic E-state index is -0.754. The van der Waals surface area contributed by atoms with Crippen LogP contribution in [0.3, 0.4) is 0 Å². The molecule has 2 rings (SSSR count). The van der Waals surface area contributed by atoms with Gasteiger partial charge in [-0.15, -0.1) is 0 Å². The summed E-state index contributed by atoms with van der Waals surface area (Å²) in [4.78, 5) is 11.0. The number of aromatic hydroxyl groups is 1. The summed E-state index contributed by atoms with van der Waals surface area (Å²) in [5.41, 5.74) is 0.561. The molecule has 0 radical (unpaired) electrons. The lowest BCUT2D eigenvalue weighted by molar-refractivity contribution is -0.119. The van der Waals surface area contributed by atoms with E-state index in [1.165, 1.54) is 6.07 Å². The maximum absolute atomic E-state index is 11.0. The Bertz CT molecular complexity index is 364. The predicted octanol–water partition coefficient (Wildman–Crippen LogP) is 0.314. The SMILES string of the molecule is O=C1CC(O)C(c2ccccc2O)N1. The van der Waals surface area contributed by atoms with Crippen molar-refractivity contribution in [3.8, 4) is 5.75 Å². The van der Waals surface area contributed by atoms with E-state index in [4.69, 9.17) is 0 Å². The van der Waals surface area contributed by atoms with Crippen molar-refractivity contribution in [2.45, 2.75) is 18.6 Å². The van der Waals surface area contributed by atoms with Crippen LogP contribution in [-0.4, -0.2) is 22.2 Å². The summed E-state index contributed by atoms with van der Waals surface area (Å²) in [7, 11) is 0. The maximum atomic E-state index is 11.0. The number of phenolic OH excluding ortho intramolecular Hbond substituents is 1. The summed E-state index contributed by atoms with van der Waals surface area (Å²) in [6, 6.07) is 6.19. The van der Waals surface area contributed by atoms with Crippen LogP contribution in [0.1, 0.15) is 18.0 Å². The number of rotatable bonds is 1. The number of hydrogen-bond acceptors (Lipinski definition) is 3. The van der Waals surface area contributed by atoms with E-state index in [1.807, 2.05) is 0 Å². The largest absolute Gasteiger partial charge is 0.508 e. The van der Waals surface area contributed by atoms with Crippen molar-refractivity contribution in [3.05, 3.63) is 29.8 Å². The number of benzene rings is 1. The first-order valence-corrected chi connectivity index (χ1v) is 4.44. The van der Waals surface area contributed by atoms with Gasteiger partial charge in [0.2, 0.25) is 5.91 Å². The third-order valence-electron chi connectivity index (χ3n) is 2.37. The molecule has 1 heterocycles. The van der Waals surface area contributed by atoms with Gasteiger partial charge in [-0.05, 0) is 6.07 Å². The van der Waals surface area contributed by atoms with Gasteiger partial charge in [0.05, 0.1) is 18.6 Å². The van der Waals surface area contributed by atoms with E-state index in [-0.39, 0.29) is 18.1 Å². The van der Waals surface area contributed by atoms with E-state index in [0.29, 0.717) is 5.56 Å². The Morgan fingerprint density at radius 3 is 2.64 bits per heavy atom. The summed E-state index contributed by atoms with van der Waals surface area (Å²) < 4.78 is 0. The molecule has 74 valence electrons. The van der Waals surface area contributed by atoms with E-state index in [2.05, 4.69) is 5.32 Å². The molecule has 2 unspecified atom stereocenters. The van der Waals surface area contributed by atoms with E-state index in [0.717, 1.165) is 0 Å². The molecule has 14 heavy (non-hydrogen) atoms. The molecule has 1 aromatic rings. The van der Waals surface area contributed by atoms with Crippen LogP contribution in [0, 0.1) is 0 Å². The van der Waals surface area contributed by atoms with Gasteiger partial charge in [-0.1, -0.05) is 18.2 Å². The number of amides is 1. The minimum Gasteiger partial charge on any atom is -0.508 e. The molecule has 4 nitrogen and oxygen atoms in total. The Morgan fingerprint density at radius 1 is 1.36 bits per heavy atom. The fourth-order valence-corrected chi connectivity index (χ4v) is 1.67. The molecule has 4 heteroatoms. The van der Waals surface area contributed by atoms with Gasteiger partial charge >= 0.3 is 0 Å². The van der Waals surface area contributed by atoms with Crippen molar-refractivity contribution < 1.29 is 15.0 Å². The number of nitrogens with one attached hydrogen (secondary N) is 1. The summed E-state index contributed by atoms with van der Waals surface area (Å²) in [6.07, 6.45) is -0.658. The fraction of sp³-hybridized carbons (Fsp3) is 0.300. The third kappa shape index (κ3) is 1.44. The van der Waals surface area contributed by atoms with E-state index >= 15 is 0 Å². The van der Waals surface area contributed by atoms with Crippen LogP contribution in [0.5, 0.6) is 5.75 Å². The smallest absolute Gasteiger partial charge is 0.223 e. The second-order valence-electron chi connectivity index (χ2n) is 3.38. The summed E-state index contributed by atoms with van der Waals surface area (Å²) in [5.74, 6) is -0.0931. The summed E-state index contributed by atoms with van der Waals surface area (Å²) in [5, 5.41) is 21.7. The lowest BCUT2D eigenvalue weighted by Crippen LogP contribution is -2.22. The monoisotopic (exact) mass is 193 g/mol. The second kappa shape index (κ2) is 3.31. The quantitative estimate of drug-likeness (QED) is 0.601. The van der Waals surface area contributed by atoms with Gasteiger partial charge in [-0.25, -0.2) is 0 Å². The van der Waals surface area contributed by atoms with Crippen LogP contribution in [0.25, 0.3) is 0 Å². The first-order valence-electron chi connectivity index (χ1n) is 4.44. The van der Waals surface area contributed by atoms with Crippen LogP contribution < -0.4 is 5.32 Å². The number of para-hydroxylation sites is 1. The van der Waals surface area contributed by atoms with Crippen molar-refractivity contribution in [1.29, 1.82) is 0 Å². The number of carbonyl (C=O) groups excluding carboxylic acids is 1. The average Bonchev–Trinajstić information content (AvgIpc) is 2.46. The molecule has 3 N–H and O–H groups in total. The van der Waals surface area contributed by atoms with Crippen LogP contribution in [0.2, 0.25) is 0 Å². The van der Waals surface area contributed by atoms with Gasteiger partial charge in [-0.3, -0.25) is 4.79 Å². The molecule has 1 aromatic carbocycles. The third-order valence-corrected chi connectivity index (χ3v) is 2.37. The molecule has 0 aromatic heterocycles. The molecule has 1 saturated heterocycles. The zero-order valence-corrected chi connectivity index (χ0v) is 7.47. The van der Waals surface area contributed by atoms with Crippen LogP contribution >= 0.6 is 0 Å². The van der Waals surface area contributed by atoms with Gasteiger partial charge in [0.1, 0.15) is 5.75 Å². The normalized spacial score (nSPS) is 26.2. The standard InChI is InChI=1S/C10H11NO3/c12-7-4-2-1-3-6(7)10-8(13)5-9(14)11-10/h1-4,8,10,12-13H,5H2,(H,11,14). The lowest BCUT2D eigenvalue weighted by Gasteiger charge is -2.15. The molecular formula is C10H11NO3. The molecule has 1 amide bonds. The zero-order valence-electron chi connectivity index (χ0n) is 7.47. The van der Waals surface area contributed by atoms with Gasteiger partial charge in [0.25, 0.3) is 0 Å². The van der Waals surface area contributed by atoms with Crippen molar-refractivity contribution in [1.82, 2.24) is 5.32 Å². The Hall–Kier alpha value is -1.55. The van der Waals surface area contributed by atoms with E-state index in [9.17, 15) is 15.0 Å². The van der Waals surface area contributed by atoms with Gasteiger partial charge in [0, 0.05) is 5.56 Å².